The quantitative estimate of drug-likeness (QED) is 0.814. The zero-order valence-electron chi connectivity index (χ0n) is 11.3. The van der Waals surface area contributed by atoms with Crippen molar-refractivity contribution in [3.8, 4) is 0 Å². The van der Waals surface area contributed by atoms with Crippen molar-refractivity contribution in [2.45, 2.75) is 25.8 Å². The number of aliphatic hydroxyl groups is 1. The molecule has 2 heterocycles. The minimum atomic E-state index is 0.00758. The Labute approximate surface area is 113 Å². The lowest BCUT2D eigenvalue weighted by Crippen LogP contribution is -2.36. The van der Waals surface area contributed by atoms with Gasteiger partial charge in [-0.05, 0) is 50.9 Å². The first-order valence-electron chi connectivity index (χ1n) is 6.98. The number of rotatable bonds is 5. The van der Waals surface area contributed by atoms with Gasteiger partial charge in [-0.15, -0.1) is 0 Å². The van der Waals surface area contributed by atoms with E-state index >= 15 is 0 Å². The van der Waals surface area contributed by atoms with Gasteiger partial charge in [0.05, 0.1) is 0 Å². The number of likely N-dealkylation sites (tertiary alicyclic amines) is 1. The van der Waals surface area contributed by atoms with E-state index in [1.807, 2.05) is 0 Å². The standard InChI is InChI=1S/C14H23N3O2/c15-13-2-3-14(19)17(10-13)7-1-6-16-8-4-12(11-18)5-9-16/h2-3,10,12,18H,1,4-9,11,15H2. The van der Waals surface area contributed by atoms with Crippen molar-refractivity contribution in [3.63, 3.8) is 0 Å². The van der Waals surface area contributed by atoms with Crippen LogP contribution in [0.2, 0.25) is 0 Å². The molecule has 106 valence electrons. The van der Waals surface area contributed by atoms with Crippen LogP contribution in [-0.2, 0) is 6.54 Å². The van der Waals surface area contributed by atoms with Crippen LogP contribution < -0.4 is 11.3 Å². The maximum atomic E-state index is 11.6. The van der Waals surface area contributed by atoms with Crippen LogP contribution in [0.3, 0.4) is 0 Å². The summed E-state index contributed by atoms with van der Waals surface area (Å²) in [6.07, 6.45) is 4.82. The molecule has 0 saturated carbocycles. The Bertz CT molecular complexity index is 450. The third kappa shape index (κ3) is 4.08. The number of nitrogen functional groups attached to an aromatic ring is 1. The van der Waals surface area contributed by atoms with Gasteiger partial charge >= 0.3 is 0 Å². The van der Waals surface area contributed by atoms with Crippen LogP contribution in [0.1, 0.15) is 19.3 Å². The first kappa shape index (κ1) is 14.1. The fourth-order valence-corrected chi connectivity index (χ4v) is 2.58. The van der Waals surface area contributed by atoms with Gasteiger partial charge in [0.2, 0.25) is 0 Å². The summed E-state index contributed by atoms with van der Waals surface area (Å²) in [5, 5.41) is 9.09. The number of aliphatic hydroxyl groups excluding tert-OH is 1. The third-order valence-corrected chi connectivity index (χ3v) is 3.85. The van der Waals surface area contributed by atoms with Gasteiger partial charge in [0.25, 0.3) is 5.56 Å². The third-order valence-electron chi connectivity index (χ3n) is 3.85. The Kier molecular flexibility index (Phi) is 4.99. The topological polar surface area (TPSA) is 71.5 Å². The lowest BCUT2D eigenvalue weighted by Gasteiger charge is -2.31. The monoisotopic (exact) mass is 265 g/mol. The number of pyridine rings is 1. The van der Waals surface area contributed by atoms with Gasteiger partial charge in [-0.2, -0.15) is 0 Å². The van der Waals surface area contributed by atoms with Crippen LogP contribution >= 0.6 is 0 Å². The Morgan fingerprint density at radius 3 is 2.68 bits per heavy atom. The summed E-state index contributed by atoms with van der Waals surface area (Å²) < 4.78 is 1.68. The number of piperidine rings is 1. The summed E-state index contributed by atoms with van der Waals surface area (Å²) in [4.78, 5) is 14.0. The zero-order valence-corrected chi connectivity index (χ0v) is 11.3. The molecular formula is C14H23N3O2. The molecule has 0 atom stereocenters. The van der Waals surface area contributed by atoms with Crippen LogP contribution in [-0.4, -0.2) is 40.8 Å². The molecule has 1 saturated heterocycles. The SMILES string of the molecule is Nc1ccc(=O)n(CCCN2CCC(CO)CC2)c1. The average molecular weight is 265 g/mol. The highest BCUT2D eigenvalue weighted by Gasteiger charge is 2.17. The van der Waals surface area contributed by atoms with Crippen molar-refractivity contribution in [2.75, 3.05) is 32.0 Å². The second-order valence-electron chi connectivity index (χ2n) is 5.32. The molecule has 0 unspecified atom stereocenters. The van der Waals surface area contributed by atoms with E-state index in [1.165, 1.54) is 6.07 Å². The van der Waals surface area contributed by atoms with Crippen molar-refractivity contribution in [2.24, 2.45) is 5.92 Å². The number of anilines is 1. The van der Waals surface area contributed by atoms with Crippen molar-refractivity contribution in [3.05, 3.63) is 28.7 Å². The van der Waals surface area contributed by atoms with Crippen molar-refractivity contribution < 1.29 is 5.11 Å². The smallest absolute Gasteiger partial charge is 0.250 e. The van der Waals surface area contributed by atoms with E-state index in [0.29, 0.717) is 24.8 Å². The van der Waals surface area contributed by atoms with Crippen LogP contribution in [0.4, 0.5) is 5.69 Å². The summed E-state index contributed by atoms with van der Waals surface area (Å²) in [6.45, 7) is 4.13. The maximum Gasteiger partial charge on any atom is 0.250 e. The molecule has 1 aromatic heterocycles. The molecule has 0 bridgehead atoms. The molecule has 0 aromatic carbocycles. The summed E-state index contributed by atoms with van der Waals surface area (Å²) in [5.74, 6) is 0.479. The van der Waals surface area contributed by atoms with Crippen molar-refractivity contribution in [1.29, 1.82) is 0 Å². The van der Waals surface area contributed by atoms with Gasteiger partial charge in [-0.1, -0.05) is 0 Å². The Hall–Kier alpha value is -1.33. The van der Waals surface area contributed by atoms with Gasteiger partial charge in [0.1, 0.15) is 0 Å². The molecule has 19 heavy (non-hydrogen) atoms. The van der Waals surface area contributed by atoms with Crippen molar-refractivity contribution in [1.82, 2.24) is 9.47 Å². The molecule has 2 rings (SSSR count). The second-order valence-corrected chi connectivity index (χ2v) is 5.32. The fraction of sp³-hybridized carbons (Fsp3) is 0.643. The van der Waals surface area contributed by atoms with Crippen LogP contribution in [0.5, 0.6) is 0 Å². The van der Waals surface area contributed by atoms with Crippen LogP contribution in [0, 0.1) is 5.92 Å². The van der Waals surface area contributed by atoms with Crippen LogP contribution in [0.25, 0.3) is 0 Å². The highest BCUT2D eigenvalue weighted by molar-refractivity contribution is 5.33. The molecule has 1 fully saturated rings. The molecular weight excluding hydrogens is 242 g/mol. The van der Waals surface area contributed by atoms with E-state index in [0.717, 1.165) is 38.9 Å². The average Bonchev–Trinajstić information content (AvgIpc) is 2.43. The number of nitrogens with zero attached hydrogens (tertiary/aromatic N) is 2. The second kappa shape index (κ2) is 6.73. The molecule has 0 amide bonds. The normalized spacial score (nSPS) is 17.7. The molecule has 5 nitrogen and oxygen atoms in total. The largest absolute Gasteiger partial charge is 0.398 e. The Morgan fingerprint density at radius 1 is 1.26 bits per heavy atom. The molecule has 0 spiro atoms. The first-order valence-corrected chi connectivity index (χ1v) is 6.98. The van der Waals surface area contributed by atoms with Gasteiger partial charge in [-0.3, -0.25) is 4.79 Å². The molecule has 1 aliphatic rings. The van der Waals surface area contributed by atoms with E-state index in [9.17, 15) is 4.79 Å². The van der Waals surface area contributed by atoms with E-state index < -0.39 is 0 Å². The molecule has 1 aliphatic heterocycles. The van der Waals surface area contributed by atoms with Gasteiger partial charge < -0.3 is 20.3 Å². The summed E-state index contributed by atoms with van der Waals surface area (Å²) in [7, 11) is 0. The van der Waals surface area contributed by atoms with Crippen molar-refractivity contribution >= 4 is 5.69 Å². The van der Waals surface area contributed by atoms with Gasteiger partial charge in [0, 0.05) is 31.1 Å². The van der Waals surface area contributed by atoms with E-state index in [1.54, 1.807) is 16.8 Å². The van der Waals surface area contributed by atoms with Gasteiger partial charge in [-0.25, -0.2) is 0 Å². The lowest BCUT2D eigenvalue weighted by atomic mass is 9.98. The zero-order chi connectivity index (χ0) is 13.7. The number of hydrogen-bond acceptors (Lipinski definition) is 4. The summed E-state index contributed by atoms with van der Waals surface area (Å²) in [5.41, 5.74) is 6.31. The Morgan fingerprint density at radius 2 is 2.00 bits per heavy atom. The first-order chi connectivity index (χ1) is 9.19. The van der Waals surface area contributed by atoms with Gasteiger partial charge in [0.15, 0.2) is 0 Å². The van der Waals surface area contributed by atoms with Crippen LogP contribution in [0.15, 0.2) is 23.1 Å². The number of aryl methyl sites for hydroxylation is 1. The minimum absolute atomic E-state index is 0.00758. The molecule has 3 N–H and O–H groups in total. The highest BCUT2D eigenvalue weighted by Crippen LogP contribution is 2.16. The fourth-order valence-electron chi connectivity index (χ4n) is 2.58. The Balaban J connectivity index is 1.75. The predicted octanol–water partition coefficient (Wildman–Crippen LogP) is 0.525. The highest BCUT2D eigenvalue weighted by atomic mass is 16.3. The minimum Gasteiger partial charge on any atom is -0.398 e. The number of hydrogen-bond donors (Lipinski definition) is 2. The molecule has 5 heteroatoms. The van der Waals surface area contributed by atoms with E-state index in [-0.39, 0.29) is 5.56 Å². The summed E-state index contributed by atoms with van der Waals surface area (Å²) in [6, 6.07) is 3.15. The maximum absolute atomic E-state index is 11.6. The van der Waals surface area contributed by atoms with E-state index in [2.05, 4.69) is 4.90 Å². The predicted molar refractivity (Wildman–Crippen MR) is 76.0 cm³/mol. The number of nitrogens with two attached hydrogens (primary N) is 1. The number of aromatic nitrogens is 1. The molecule has 0 aliphatic carbocycles. The summed E-state index contributed by atoms with van der Waals surface area (Å²) >= 11 is 0. The lowest BCUT2D eigenvalue weighted by molar-refractivity contribution is 0.130. The molecule has 1 aromatic rings. The van der Waals surface area contributed by atoms with E-state index in [4.69, 9.17) is 10.8 Å². The molecule has 0 radical (unpaired) electrons.